The summed E-state index contributed by atoms with van der Waals surface area (Å²) in [6.45, 7) is 3.95. The van der Waals surface area contributed by atoms with E-state index < -0.39 is 18.3 Å². The second-order valence-electron chi connectivity index (χ2n) is 5.54. The highest BCUT2D eigenvalue weighted by molar-refractivity contribution is 7.55. The highest BCUT2D eigenvalue weighted by atomic mass is 31.2. The van der Waals surface area contributed by atoms with E-state index in [-0.39, 0.29) is 18.9 Å². The van der Waals surface area contributed by atoms with Crippen LogP contribution in [-0.2, 0) is 13.6 Å². The lowest BCUT2D eigenvalue weighted by molar-refractivity contribution is -0.384. The molecule has 1 atom stereocenters. The van der Waals surface area contributed by atoms with E-state index in [2.05, 4.69) is 5.32 Å². The van der Waals surface area contributed by atoms with Gasteiger partial charge >= 0.3 is 7.60 Å². The summed E-state index contributed by atoms with van der Waals surface area (Å²) in [4.78, 5) is 10.3. The fourth-order valence-corrected chi connectivity index (χ4v) is 4.13. The Balaban J connectivity index is 2.31. The van der Waals surface area contributed by atoms with E-state index >= 15 is 0 Å². The van der Waals surface area contributed by atoms with Gasteiger partial charge in [-0.1, -0.05) is 36.4 Å². The lowest BCUT2D eigenvalue weighted by Crippen LogP contribution is -2.20. The number of nitrogens with one attached hydrogen (secondary N) is 1. The van der Waals surface area contributed by atoms with Crippen LogP contribution in [0, 0.1) is 10.1 Å². The van der Waals surface area contributed by atoms with Gasteiger partial charge < -0.3 is 14.4 Å². The molecule has 2 aromatic rings. The molecule has 0 aliphatic heterocycles. The maximum atomic E-state index is 13.2. The molecule has 7 nitrogen and oxygen atoms in total. The zero-order valence-corrected chi connectivity index (χ0v) is 16.2. The third kappa shape index (κ3) is 6.03. The number of hydrogen-bond acceptors (Lipinski definition) is 6. The predicted octanol–water partition coefficient (Wildman–Crippen LogP) is 5.31. The molecule has 2 rings (SSSR count). The fraction of sp³-hybridized carbons (Fsp3) is 0.263. The zero-order valence-electron chi connectivity index (χ0n) is 15.3. The fourth-order valence-electron chi connectivity index (χ4n) is 2.41. The Kier molecular flexibility index (Phi) is 7.73. The van der Waals surface area contributed by atoms with Gasteiger partial charge in [0, 0.05) is 17.8 Å². The molecule has 0 aromatic heterocycles. The van der Waals surface area contributed by atoms with Crippen LogP contribution in [0.4, 0.5) is 11.4 Å². The van der Waals surface area contributed by atoms with Crippen LogP contribution < -0.4 is 5.32 Å². The molecular weight excluding hydrogens is 367 g/mol. The number of nitro benzene ring substituents is 1. The van der Waals surface area contributed by atoms with Gasteiger partial charge in [-0.15, -0.1) is 0 Å². The van der Waals surface area contributed by atoms with Crippen molar-refractivity contribution in [2.24, 2.45) is 0 Å². The van der Waals surface area contributed by atoms with E-state index in [0.29, 0.717) is 5.69 Å². The minimum absolute atomic E-state index is 0.0188. The highest BCUT2D eigenvalue weighted by Gasteiger charge is 2.34. The highest BCUT2D eigenvalue weighted by Crippen LogP contribution is 2.53. The van der Waals surface area contributed by atoms with Crippen LogP contribution in [0.25, 0.3) is 6.08 Å². The maximum absolute atomic E-state index is 13.2. The number of nitrogens with zero attached hydrogens (tertiary/aromatic N) is 1. The Labute approximate surface area is 158 Å². The molecule has 0 bridgehead atoms. The summed E-state index contributed by atoms with van der Waals surface area (Å²) in [6, 6.07) is 15.4. The van der Waals surface area contributed by atoms with Crippen molar-refractivity contribution < 1.29 is 18.5 Å². The van der Waals surface area contributed by atoms with Gasteiger partial charge in [-0.25, -0.2) is 0 Å². The number of anilines is 1. The molecule has 0 saturated carbocycles. The topological polar surface area (TPSA) is 90.7 Å². The van der Waals surface area contributed by atoms with Crippen LogP contribution >= 0.6 is 7.60 Å². The van der Waals surface area contributed by atoms with E-state index in [1.807, 2.05) is 36.4 Å². The van der Waals surface area contributed by atoms with Crippen LogP contribution in [-0.4, -0.2) is 23.9 Å². The molecule has 8 heteroatoms. The summed E-state index contributed by atoms with van der Waals surface area (Å²) in [5.41, 5.74) is 1.49. The van der Waals surface area contributed by atoms with E-state index in [9.17, 15) is 14.7 Å². The van der Waals surface area contributed by atoms with E-state index in [1.54, 1.807) is 32.1 Å². The summed E-state index contributed by atoms with van der Waals surface area (Å²) >= 11 is 0. The summed E-state index contributed by atoms with van der Waals surface area (Å²) in [6.07, 6.45) is 3.55. The van der Waals surface area contributed by atoms with Crippen LogP contribution in [0.5, 0.6) is 0 Å². The van der Waals surface area contributed by atoms with E-state index in [1.165, 1.54) is 12.1 Å². The number of benzene rings is 2. The summed E-state index contributed by atoms with van der Waals surface area (Å²) in [5, 5.41) is 13.9. The second-order valence-corrected chi connectivity index (χ2v) is 7.69. The van der Waals surface area contributed by atoms with Gasteiger partial charge in [0.15, 0.2) is 0 Å². The van der Waals surface area contributed by atoms with E-state index in [4.69, 9.17) is 9.05 Å². The first-order valence-electron chi connectivity index (χ1n) is 8.61. The van der Waals surface area contributed by atoms with E-state index in [0.717, 1.165) is 5.56 Å². The smallest absolute Gasteiger partial charge is 0.356 e. The summed E-state index contributed by atoms with van der Waals surface area (Å²) in [7, 11) is -3.49. The Morgan fingerprint density at radius 2 is 1.67 bits per heavy atom. The van der Waals surface area contributed by atoms with Gasteiger partial charge in [-0.05, 0) is 37.6 Å². The van der Waals surface area contributed by atoms with Gasteiger partial charge in [0.25, 0.3) is 5.69 Å². The number of nitro groups is 1. The van der Waals surface area contributed by atoms with Crippen LogP contribution in [0.1, 0.15) is 19.4 Å². The molecule has 0 saturated heterocycles. The predicted molar refractivity (Wildman–Crippen MR) is 107 cm³/mol. The minimum atomic E-state index is -3.49. The average Bonchev–Trinajstić information content (AvgIpc) is 2.66. The van der Waals surface area contributed by atoms with Crippen LogP contribution in [0.2, 0.25) is 0 Å². The van der Waals surface area contributed by atoms with Crippen LogP contribution in [0.15, 0.2) is 60.7 Å². The number of rotatable bonds is 10. The van der Waals surface area contributed by atoms with Crippen molar-refractivity contribution in [1.29, 1.82) is 0 Å². The number of non-ortho nitro benzene ring substituents is 1. The van der Waals surface area contributed by atoms with Gasteiger partial charge in [0.1, 0.15) is 5.78 Å². The lowest BCUT2D eigenvalue weighted by atomic mass is 10.2. The maximum Gasteiger partial charge on any atom is 0.356 e. The molecule has 27 heavy (non-hydrogen) atoms. The molecule has 0 amide bonds. The first-order valence-corrected chi connectivity index (χ1v) is 10.2. The van der Waals surface area contributed by atoms with Crippen LogP contribution in [0.3, 0.4) is 0 Å². The normalized spacial score (nSPS) is 12.8. The monoisotopic (exact) mass is 390 g/mol. The second kappa shape index (κ2) is 10.0. The Hall–Kier alpha value is -2.47. The third-order valence-corrected chi connectivity index (χ3v) is 5.84. The van der Waals surface area contributed by atoms with Crippen molar-refractivity contribution >= 4 is 25.0 Å². The molecule has 0 radical (unpaired) electrons. The molecule has 0 aliphatic rings. The lowest BCUT2D eigenvalue weighted by Gasteiger charge is -2.25. The Bertz CT molecular complexity index is 799. The van der Waals surface area contributed by atoms with Gasteiger partial charge in [0.2, 0.25) is 0 Å². The quantitative estimate of drug-likeness (QED) is 0.336. The average molecular weight is 390 g/mol. The Morgan fingerprint density at radius 3 is 2.19 bits per heavy atom. The van der Waals surface area contributed by atoms with Crippen molar-refractivity contribution in [2.45, 2.75) is 19.6 Å². The first-order chi connectivity index (χ1) is 13.0. The number of hydrogen-bond donors (Lipinski definition) is 1. The molecule has 2 aromatic carbocycles. The Morgan fingerprint density at radius 1 is 1.07 bits per heavy atom. The van der Waals surface area contributed by atoms with Crippen molar-refractivity contribution in [3.8, 4) is 0 Å². The molecule has 144 valence electrons. The van der Waals surface area contributed by atoms with Crippen molar-refractivity contribution in [3.05, 3.63) is 76.4 Å². The zero-order chi connectivity index (χ0) is 19.7. The van der Waals surface area contributed by atoms with Gasteiger partial charge in [0.05, 0.1) is 18.1 Å². The molecule has 0 heterocycles. The SMILES string of the molecule is CCOP(=O)(OCC)C(/C=C/c1ccccc1)Nc1ccc([N+](=O)[O-])cc1. The van der Waals surface area contributed by atoms with Crippen molar-refractivity contribution in [2.75, 3.05) is 18.5 Å². The summed E-state index contributed by atoms with van der Waals surface area (Å²) in [5.74, 6) is -0.751. The largest absolute Gasteiger partial charge is 0.368 e. The summed E-state index contributed by atoms with van der Waals surface area (Å²) < 4.78 is 24.2. The standard InChI is InChI=1S/C19H23N2O5P/c1-3-25-27(24,26-4-2)19(15-10-16-8-6-5-7-9-16)20-17-11-13-18(14-12-17)21(22)23/h5-15,19-20H,3-4H2,1-2H3/b15-10+. The van der Waals surface area contributed by atoms with Gasteiger partial charge in [-0.3, -0.25) is 14.7 Å². The minimum Gasteiger partial charge on any atom is -0.368 e. The first kappa shape index (κ1) is 20.8. The molecule has 1 unspecified atom stereocenters. The third-order valence-electron chi connectivity index (χ3n) is 3.62. The molecule has 0 aliphatic carbocycles. The van der Waals surface area contributed by atoms with Gasteiger partial charge in [-0.2, -0.15) is 0 Å². The molecular formula is C19H23N2O5P. The molecule has 0 fully saturated rings. The van der Waals surface area contributed by atoms with Crippen molar-refractivity contribution in [3.63, 3.8) is 0 Å². The molecule has 0 spiro atoms. The molecule has 1 N–H and O–H groups in total. The van der Waals surface area contributed by atoms with Crippen molar-refractivity contribution in [1.82, 2.24) is 0 Å².